The molecule has 3 rings (SSSR count). The molecule has 5 nitrogen and oxygen atoms in total. The molecule has 0 saturated heterocycles. The molecule has 0 bridgehead atoms. The highest BCUT2D eigenvalue weighted by Crippen LogP contribution is 2.20. The molecule has 106 valence electrons. The van der Waals surface area contributed by atoms with Crippen molar-refractivity contribution in [2.75, 3.05) is 5.32 Å². The molecule has 7 heteroatoms. The van der Waals surface area contributed by atoms with Crippen molar-refractivity contribution in [3.63, 3.8) is 0 Å². The van der Waals surface area contributed by atoms with E-state index in [9.17, 15) is 9.18 Å². The molecule has 0 spiro atoms. The van der Waals surface area contributed by atoms with E-state index in [0.29, 0.717) is 5.56 Å². The second-order valence-corrected chi connectivity index (χ2v) is 5.26. The van der Waals surface area contributed by atoms with E-state index in [2.05, 4.69) is 15.5 Å². The predicted molar refractivity (Wildman–Crippen MR) is 76.3 cm³/mol. The number of aromatic nitrogens is 2. The number of amides is 1. The molecule has 0 aliphatic heterocycles. The average molecular weight is 303 g/mol. The largest absolute Gasteiger partial charge is 0.403 e. The van der Waals surface area contributed by atoms with Gasteiger partial charge in [0, 0.05) is 10.4 Å². The molecule has 0 saturated carbocycles. The number of halogens is 1. The number of hydrogen-bond acceptors (Lipinski definition) is 5. The summed E-state index contributed by atoms with van der Waals surface area (Å²) < 4.78 is 18.4. The van der Waals surface area contributed by atoms with Crippen LogP contribution in [0.5, 0.6) is 0 Å². The smallest absolute Gasteiger partial charge is 0.322 e. The zero-order valence-corrected chi connectivity index (χ0v) is 11.6. The van der Waals surface area contributed by atoms with Crippen LogP contribution in [-0.4, -0.2) is 16.1 Å². The Bertz CT molecular complexity index is 755. The summed E-state index contributed by atoms with van der Waals surface area (Å²) in [4.78, 5) is 12.7. The molecule has 0 unspecified atom stereocenters. The van der Waals surface area contributed by atoms with E-state index in [1.54, 1.807) is 12.1 Å². The lowest BCUT2D eigenvalue weighted by molar-refractivity contribution is -0.115. The molecule has 0 aliphatic carbocycles. The van der Waals surface area contributed by atoms with Gasteiger partial charge >= 0.3 is 6.01 Å². The molecule has 2 heterocycles. The summed E-state index contributed by atoms with van der Waals surface area (Å²) in [6.07, 6.45) is 0.245. The number of benzene rings is 1. The minimum Gasteiger partial charge on any atom is -0.403 e. The maximum Gasteiger partial charge on any atom is 0.322 e. The third kappa shape index (κ3) is 3.32. The highest BCUT2D eigenvalue weighted by molar-refractivity contribution is 7.10. The van der Waals surface area contributed by atoms with Gasteiger partial charge in [0.1, 0.15) is 5.82 Å². The van der Waals surface area contributed by atoms with Crippen LogP contribution >= 0.6 is 11.3 Å². The van der Waals surface area contributed by atoms with Crippen molar-refractivity contribution in [2.24, 2.45) is 0 Å². The van der Waals surface area contributed by atoms with E-state index >= 15 is 0 Å². The van der Waals surface area contributed by atoms with Crippen molar-refractivity contribution in [3.05, 3.63) is 52.5 Å². The topological polar surface area (TPSA) is 68.0 Å². The Morgan fingerprint density at radius 2 is 2.19 bits per heavy atom. The van der Waals surface area contributed by atoms with Gasteiger partial charge in [0.2, 0.25) is 11.8 Å². The second-order valence-electron chi connectivity index (χ2n) is 4.23. The quantitative estimate of drug-likeness (QED) is 0.804. The molecule has 1 N–H and O–H groups in total. The zero-order valence-electron chi connectivity index (χ0n) is 10.7. The lowest BCUT2D eigenvalue weighted by Gasteiger charge is -1.98. The number of anilines is 1. The number of carbonyl (C=O) groups is 1. The van der Waals surface area contributed by atoms with Gasteiger partial charge in [-0.15, -0.1) is 16.4 Å². The van der Waals surface area contributed by atoms with Crippen LogP contribution in [0.25, 0.3) is 11.5 Å². The molecule has 1 aromatic carbocycles. The summed E-state index contributed by atoms with van der Waals surface area (Å²) in [5, 5.41) is 11.9. The number of thiophene rings is 1. The van der Waals surface area contributed by atoms with Gasteiger partial charge in [-0.2, -0.15) is 0 Å². The summed E-state index contributed by atoms with van der Waals surface area (Å²) in [5.41, 5.74) is 0.459. The Hall–Kier alpha value is -2.54. The minimum atomic E-state index is -0.394. The number of nitrogens with zero attached hydrogens (tertiary/aromatic N) is 2. The van der Waals surface area contributed by atoms with Crippen molar-refractivity contribution in [1.82, 2.24) is 10.2 Å². The van der Waals surface area contributed by atoms with Crippen molar-refractivity contribution in [3.8, 4) is 11.5 Å². The number of nitrogens with one attached hydrogen (secondary N) is 1. The maximum atomic E-state index is 13.1. The molecule has 0 aliphatic rings. The van der Waals surface area contributed by atoms with Gasteiger partial charge in [0.15, 0.2) is 0 Å². The fourth-order valence-corrected chi connectivity index (χ4v) is 2.45. The van der Waals surface area contributed by atoms with Crippen LogP contribution in [-0.2, 0) is 11.2 Å². The predicted octanol–water partition coefficient (Wildman–Crippen LogP) is 3.12. The standard InChI is InChI=1S/C14H10FN3O2S/c15-10-4-1-3-9(7-10)13-17-18-14(20-13)16-12(19)8-11-5-2-6-21-11/h1-7H,8H2,(H,16,18,19). The first-order valence-electron chi connectivity index (χ1n) is 6.12. The molecular formula is C14H10FN3O2S. The Labute approximate surface area is 123 Å². The Morgan fingerprint density at radius 3 is 2.95 bits per heavy atom. The van der Waals surface area contributed by atoms with E-state index in [1.165, 1.54) is 23.5 Å². The molecule has 21 heavy (non-hydrogen) atoms. The summed E-state index contributed by atoms with van der Waals surface area (Å²) >= 11 is 1.50. The molecule has 3 aromatic rings. The van der Waals surface area contributed by atoms with E-state index < -0.39 is 5.82 Å². The SMILES string of the molecule is O=C(Cc1cccs1)Nc1nnc(-c2cccc(F)c2)o1. The fraction of sp³-hybridized carbons (Fsp3) is 0.0714. The van der Waals surface area contributed by atoms with E-state index in [1.807, 2.05) is 17.5 Å². The zero-order chi connectivity index (χ0) is 14.7. The van der Waals surface area contributed by atoms with Gasteiger partial charge in [-0.25, -0.2) is 4.39 Å². The highest BCUT2D eigenvalue weighted by atomic mass is 32.1. The first-order valence-corrected chi connectivity index (χ1v) is 7.00. The van der Waals surface area contributed by atoms with Gasteiger partial charge in [-0.3, -0.25) is 10.1 Å². The van der Waals surface area contributed by atoms with E-state index in [-0.39, 0.29) is 24.2 Å². The lowest BCUT2D eigenvalue weighted by Crippen LogP contribution is -2.13. The Balaban J connectivity index is 1.69. The number of rotatable bonds is 4. The first-order chi connectivity index (χ1) is 10.2. The van der Waals surface area contributed by atoms with Crippen molar-refractivity contribution >= 4 is 23.3 Å². The van der Waals surface area contributed by atoms with Gasteiger partial charge in [0.25, 0.3) is 0 Å². The summed E-state index contributed by atoms with van der Waals surface area (Å²) in [6.45, 7) is 0. The number of hydrogen-bond donors (Lipinski definition) is 1. The van der Waals surface area contributed by atoms with Crippen molar-refractivity contribution < 1.29 is 13.6 Å². The first kappa shape index (κ1) is 13.4. The summed E-state index contributed by atoms with van der Waals surface area (Å²) in [6, 6.07) is 9.54. The van der Waals surface area contributed by atoms with Crippen LogP contribution in [0.3, 0.4) is 0 Å². The maximum absolute atomic E-state index is 13.1. The monoisotopic (exact) mass is 303 g/mol. The van der Waals surface area contributed by atoms with Crippen LogP contribution in [0.2, 0.25) is 0 Å². The van der Waals surface area contributed by atoms with Crippen LogP contribution in [0, 0.1) is 5.82 Å². The molecular weight excluding hydrogens is 293 g/mol. The number of carbonyl (C=O) groups excluding carboxylic acids is 1. The molecule has 1 amide bonds. The van der Waals surface area contributed by atoms with Gasteiger partial charge in [0.05, 0.1) is 6.42 Å². The van der Waals surface area contributed by atoms with Crippen molar-refractivity contribution in [2.45, 2.75) is 6.42 Å². The van der Waals surface area contributed by atoms with Gasteiger partial charge < -0.3 is 4.42 Å². The third-order valence-electron chi connectivity index (χ3n) is 2.66. The Morgan fingerprint density at radius 1 is 1.29 bits per heavy atom. The molecule has 0 atom stereocenters. The van der Waals surface area contributed by atoms with Crippen LogP contribution < -0.4 is 5.32 Å². The second kappa shape index (κ2) is 5.84. The van der Waals surface area contributed by atoms with Gasteiger partial charge in [-0.05, 0) is 29.6 Å². The van der Waals surface area contributed by atoms with Crippen LogP contribution in [0.1, 0.15) is 4.88 Å². The summed E-state index contributed by atoms with van der Waals surface area (Å²) in [5.74, 6) is -0.484. The van der Waals surface area contributed by atoms with Crippen LogP contribution in [0.4, 0.5) is 10.4 Å². The molecule has 0 radical (unpaired) electrons. The fourth-order valence-electron chi connectivity index (χ4n) is 1.75. The Kier molecular flexibility index (Phi) is 3.74. The van der Waals surface area contributed by atoms with E-state index in [0.717, 1.165) is 4.88 Å². The summed E-state index contributed by atoms with van der Waals surface area (Å²) in [7, 11) is 0. The molecule has 0 fully saturated rings. The van der Waals surface area contributed by atoms with Gasteiger partial charge in [-0.1, -0.05) is 17.2 Å². The lowest BCUT2D eigenvalue weighted by atomic mass is 10.2. The average Bonchev–Trinajstić information content (AvgIpc) is 3.10. The van der Waals surface area contributed by atoms with E-state index in [4.69, 9.17) is 4.42 Å². The van der Waals surface area contributed by atoms with Crippen molar-refractivity contribution in [1.29, 1.82) is 0 Å². The third-order valence-corrected chi connectivity index (χ3v) is 3.53. The molecule has 2 aromatic heterocycles. The highest BCUT2D eigenvalue weighted by Gasteiger charge is 2.12. The normalized spacial score (nSPS) is 10.5. The minimum absolute atomic E-state index is 0.00387. The van der Waals surface area contributed by atoms with Crippen LogP contribution in [0.15, 0.2) is 46.2 Å².